The highest BCUT2D eigenvalue weighted by Crippen LogP contribution is 2.34. The first-order valence-corrected chi connectivity index (χ1v) is 8.77. The van der Waals surface area contributed by atoms with Crippen molar-refractivity contribution in [1.82, 2.24) is 24.7 Å². The third-order valence-corrected chi connectivity index (χ3v) is 4.42. The number of pyridine rings is 1. The molecule has 4 aromatic rings. The number of nitrogens with one attached hydrogen (secondary N) is 1. The summed E-state index contributed by atoms with van der Waals surface area (Å²) in [7, 11) is 1.77. The van der Waals surface area contributed by atoms with E-state index in [1.807, 2.05) is 18.2 Å². The molecule has 0 spiro atoms. The molecule has 0 radical (unpaired) electrons. The zero-order chi connectivity index (χ0) is 20.5. The Bertz CT molecular complexity index is 1310. The summed E-state index contributed by atoms with van der Waals surface area (Å²) >= 11 is 6.42. The smallest absolute Gasteiger partial charge is 0.317 e. The normalized spacial score (nSPS) is 10.7. The van der Waals surface area contributed by atoms with E-state index in [9.17, 15) is 10.1 Å². The second-order valence-electron chi connectivity index (χ2n) is 6.13. The van der Waals surface area contributed by atoms with Gasteiger partial charge in [-0.2, -0.15) is 10.4 Å². The van der Waals surface area contributed by atoms with Crippen molar-refractivity contribution in [3.63, 3.8) is 0 Å². The van der Waals surface area contributed by atoms with Gasteiger partial charge in [-0.25, -0.2) is 14.8 Å². The van der Waals surface area contributed by atoms with Gasteiger partial charge in [0.2, 0.25) is 0 Å². The van der Waals surface area contributed by atoms with Crippen LogP contribution in [-0.2, 0) is 7.05 Å². The van der Waals surface area contributed by atoms with E-state index < -0.39 is 6.03 Å². The molecular formula is C19H13ClN8O. The summed E-state index contributed by atoms with van der Waals surface area (Å²) in [4.78, 5) is 24.5. The first-order chi connectivity index (χ1) is 14.0. The van der Waals surface area contributed by atoms with Crippen molar-refractivity contribution < 1.29 is 4.79 Å². The number of carbonyl (C=O) groups excluding carboxylic acids is 1. The summed E-state index contributed by atoms with van der Waals surface area (Å²) in [6, 6.07) is 10.1. The first kappa shape index (κ1) is 18.3. The molecule has 3 N–H and O–H groups in total. The van der Waals surface area contributed by atoms with Crippen molar-refractivity contribution in [2.75, 3.05) is 5.32 Å². The summed E-state index contributed by atoms with van der Waals surface area (Å²) in [6.07, 6.45) is 3.41. The molecule has 142 valence electrons. The lowest BCUT2D eigenvalue weighted by Crippen LogP contribution is -2.21. The Hall–Kier alpha value is -4.03. The van der Waals surface area contributed by atoms with Crippen molar-refractivity contribution in [3.8, 4) is 28.7 Å². The number of fused-ring (bicyclic) bond motifs is 1. The Morgan fingerprint density at radius 1 is 1.28 bits per heavy atom. The number of hydrogen-bond donors (Lipinski definition) is 2. The molecule has 0 atom stereocenters. The minimum Gasteiger partial charge on any atom is -0.351 e. The number of amides is 2. The van der Waals surface area contributed by atoms with Crippen LogP contribution < -0.4 is 11.1 Å². The number of anilines is 1. The monoisotopic (exact) mass is 404 g/mol. The zero-order valence-electron chi connectivity index (χ0n) is 15.1. The second kappa shape index (κ2) is 7.18. The van der Waals surface area contributed by atoms with Gasteiger partial charge in [-0.05, 0) is 24.3 Å². The van der Waals surface area contributed by atoms with Gasteiger partial charge in [0, 0.05) is 30.4 Å². The fourth-order valence-corrected chi connectivity index (χ4v) is 3.20. The number of aromatic nitrogens is 5. The quantitative estimate of drug-likeness (QED) is 0.538. The van der Waals surface area contributed by atoms with Crippen LogP contribution in [0, 0.1) is 11.3 Å². The number of hydrogen-bond acceptors (Lipinski definition) is 6. The van der Waals surface area contributed by atoms with E-state index in [1.54, 1.807) is 42.3 Å². The maximum Gasteiger partial charge on any atom is 0.317 e. The molecule has 1 aromatic carbocycles. The van der Waals surface area contributed by atoms with Gasteiger partial charge in [-0.1, -0.05) is 17.7 Å². The zero-order valence-corrected chi connectivity index (χ0v) is 15.8. The number of rotatable bonds is 3. The molecule has 4 rings (SSSR count). The van der Waals surface area contributed by atoms with Crippen molar-refractivity contribution in [2.45, 2.75) is 0 Å². The Morgan fingerprint density at radius 2 is 2.10 bits per heavy atom. The summed E-state index contributed by atoms with van der Waals surface area (Å²) < 4.78 is 1.61. The van der Waals surface area contributed by atoms with E-state index in [0.29, 0.717) is 33.2 Å². The Labute approximate surface area is 169 Å². The molecule has 0 aliphatic carbocycles. The Morgan fingerprint density at radius 3 is 2.79 bits per heavy atom. The summed E-state index contributed by atoms with van der Waals surface area (Å²) in [6.45, 7) is 0. The number of halogens is 1. The van der Waals surface area contributed by atoms with Crippen LogP contribution in [0.5, 0.6) is 0 Å². The van der Waals surface area contributed by atoms with Crippen LogP contribution in [0.2, 0.25) is 5.02 Å². The molecule has 0 bridgehead atoms. The van der Waals surface area contributed by atoms with Crippen LogP contribution in [0.1, 0.15) is 5.69 Å². The maximum absolute atomic E-state index is 11.3. The largest absolute Gasteiger partial charge is 0.351 e. The fraction of sp³-hybridized carbons (Fsp3) is 0.0526. The standard InChI is InChI=1S/C19H13ClN8O/c1-28-6-4-13(27-28)17-16(24-14(9-21)18(25-17)26-19(22)29)11-7-10-3-2-5-23-15(10)12(20)8-11/h2-8H,1H3,(H3,22,25,26,29). The molecule has 0 aliphatic rings. The van der Waals surface area contributed by atoms with Gasteiger partial charge in [-0.15, -0.1) is 0 Å². The summed E-state index contributed by atoms with van der Waals surface area (Å²) in [5, 5.41) is 17.4. The molecule has 3 aromatic heterocycles. The average molecular weight is 405 g/mol. The highest BCUT2D eigenvalue weighted by molar-refractivity contribution is 6.35. The highest BCUT2D eigenvalue weighted by Gasteiger charge is 2.20. The number of nitriles is 1. The SMILES string of the molecule is Cn1ccc(-c2nc(NC(N)=O)c(C#N)nc2-c2cc(Cl)c3ncccc3c2)n1. The number of benzene rings is 1. The van der Waals surface area contributed by atoms with E-state index in [4.69, 9.17) is 17.3 Å². The molecule has 2 amide bonds. The lowest BCUT2D eigenvalue weighted by atomic mass is 10.0. The predicted molar refractivity (Wildman–Crippen MR) is 108 cm³/mol. The maximum atomic E-state index is 11.3. The minimum atomic E-state index is -0.852. The van der Waals surface area contributed by atoms with Crippen LogP contribution in [0.25, 0.3) is 33.5 Å². The predicted octanol–water partition coefficient (Wildman–Crippen LogP) is 3.11. The molecule has 0 aliphatic heterocycles. The molecule has 0 fully saturated rings. The van der Waals surface area contributed by atoms with E-state index >= 15 is 0 Å². The molecule has 0 saturated heterocycles. The van der Waals surface area contributed by atoms with Crippen molar-refractivity contribution in [3.05, 3.63) is 53.4 Å². The van der Waals surface area contributed by atoms with Gasteiger partial charge in [-0.3, -0.25) is 15.0 Å². The number of nitrogens with two attached hydrogens (primary N) is 1. The number of aryl methyl sites for hydroxylation is 1. The van der Waals surface area contributed by atoms with Gasteiger partial charge in [0.15, 0.2) is 11.5 Å². The Balaban J connectivity index is 2.01. The highest BCUT2D eigenvalue weighted by atomic mass is 35.5. The topological polar surface area (TPSA) is 135 Å². The van der Waals surface area contributed by atoms with Gasteiger partial charge >= 0.3 is 6.03 Å². The molecule has 0 unspecified atom stereocenters. The number of carbonyl (C=O) groups is 1. The average Bonchev–Trinajstić information content (AvgIpc) is 3.13. The molecule has 3 heterocycles. The van der Waals surface area contributed by atoms with E-state index in [1.165, 1.54) is 0 Å². The van der Waals surface area contributed by atoms with Crippen molar-refractivity contribution >= 4 is 34.4 Å². The first-order valence-electron chi connectivity index (χ1n) is 8.39. The van der Waals surface area contributed by atoms with Crippen LogP contribution in [0.15, 0.2) is 42.7 Å². The van der Waals surface area contributed by atoms with Crippen LogP contribution in [-0.4, -0.2) is 30.8 Å². The summed E-state index contributed by atoms with van der Waals surface area (Å²) in [5.41, 5.74) is 7.67. The molecule has 10 heteroatoms. The van der Waals surface area contributed by atoms with Gasteiger partial charge < -0.3 is 5.73 Å². The van der Waals surface area contributed by atoms with Crippen LogP contribution >= 0.6 is 11.6 Å². The molecular weight excluding hydrogens is 392 g/mol. The fourth-order valence-electron chi connectivity index (χ4n) is 2.92. The number of primary amides is 1. The van der Waals surface area contributed by atoms with Gasteiger partial charge in [0.25, 0.3) is 0 Å². The number of urea groups is 1. The third kappa shape index (κ3) is 3.44. The Kier molecular flexibility index (Phi) is 4.54. The van der Waals surface area contributed by atoms with Crippen molar-refractivity contribution in [1.29, 1.82) is 5.26 Å². The minimum absolute atomic E-state index is 0.0436. The van der Waals surface area contributed by atoms with Gasteiger partial charge in [0.05, 0.1) is 10.5 Å². The van der Waals surface area contributed by atoms with E-state index in [0.717, 1.165) is 5.39 Å². The molecule has 0 saturated carbocycles. The molecule has 9 nitrogen and oxygen atoms in total. The van der Waals surface area contributed by atoms with Crippen LogP contribution in [0.4, 0.5) is 10.6 Å². The lowest BCUT2D eigenvalue weighted by molar-refractivity contribution is 0.259. The van der Waals surface area contributed by atoms with Crippen molar-refractivity contribution in [2.24, 2.45) is 12.8 Å². The van der Waals surface area contributed by atoms with Gasteiger partial charge in [0.1, 0.15) is 23.2 Å². The molecule has 29 heavy (non-hydrogen) atoms. The van der Waals surface area contributed by atoms with Crippen LogP contribution in [0.3, 0.4) is 0 Å². The number of nitrogens with zero attached hydrogens (tertiary/aromatic N) is 6. The third-order valence-electron chi connectivity index (χ3n) is 4.13. The second-order valence-corrected chi connectivity index (χ2v) is 6.53. The summed E-state index contributed by atoms with van der Waals surface area (Å²) in [5.74, 6) is -0.0436. The van der Waals surface area contributed by atoms with E-state index in [-0.39, 0.29) is 11.5 Å². The van der Waals surface area contributed by atoms with E-state index in [2.05, 4.69) is 25.4 Å². The lowest BCUT2D eigenvalue weighted by Gasteiger charge is -2.12.